The fourth-order valence-electron chi connectivity index (χ4n) is 1.50. The Hall–Kier alpha value is -1.43. The molecule has 0 radical (unpaired) electrons. The number of likely N-dealkylation sites (N-methyl/N-ethyl adjacent to an activating group) is 1. The monoisotopic (exact) mass is 244 g/mol. The number of amides is 1. The number of hydrogen-bond acceptors (Lipinski definition) is 4. The topological polar surface area (TPSA) is 49.3 Å². The summed E-state index contributed by atoms with van der Waals surface area (Å²) in [7, 11) is 1.71. The molecule has 1 saturated heterocycles. The summed E-state index contributed by atoms with van der Waals surface area (Å²) < 4.78 is 13.4. The van der Waals surface area contributed by atoms with Gasteiger partial charge in [0.1, 0.15) is 0 Å². The van der Waals surface area contributed by atoms with Crippen molar-refractivity contribution in [2.75, 3.05) is 31.6 Å². The summed E-state index contributed by atoms with van der Waals surface area (Å²) in [6, 6.07) is 0. The molecule has 2 heterocycles. The SMILES string of the molecule is CN1CCN(c2nc(Cl)ncc2F)CC1=O. The van der Waals surface area contributed by atoms with Gasteiger partial charge in [-0.2, -0.15) is 4.98 Å². The van der Waals surface area contributed by atoms with Crippen LogP contribution in [0.1, 0.15) is 0 Å². The number of aromatic nitrogens is 2. The molecule has 0 saturated carbocycles. The van der Waals surface area contributed by atoms with Crippen molar-refractivity contribution < 1.29 is 9.18 Å². The average Bonchev–Trinajstić information content (AvgIpc) is 2.26. The van der Waals surface area contributed by atoms with E-state index in [1.165, 1.54) is 0 Å². The molecule has 1 aliphatic heterocycles. The Morgan fingerprint density at radius 2 is 2.25 bits per heavy atom. The van der Waals surface area contributed by atoms with Gasteiger partial charge in [-0.15, -0.1) is 0 Å². The molecule has 1 fully saturated rings. The highest BCUT2D eigenvalue weighted by molar-refractivity contribution is 6.28. The molecular formula is C9H10ClFN4O. The fraction of sp³-hybridized carbons (Fsp3) is 0.444. The van der Waals surface area contributed by atoms with Gasteiger partial charge in [0.25, 0.3) is 0 Å². The van der Waals surface area contributed by atoms with Crippen LogP contribution in [0, 0.1) is 5.82 Å². The summed E-state index contributed by atoms with van der Waals surface area (Å²) in [5, 5.41) is -0.0252. The van der Waals surface area contributed by atoms with Gasteiger partial charge in [0, 0.05) is 20.1 Å². The lowest BCUT2D eigenvalue weighted by molar-refractivity contribution is -0.129. The first-order valence-corrected chi connectivity index (χ1v) is 5.12. The maximum absolute atomic E-state index is 13.4. The molecule has 2 rings (SSSR count). The van der Waals surface area contributed by atoms with Crippen molar-refractivity contribution in [3.05, 3.63) is 17.3 Å². The van der Waals surface area contributed by atoms with Crippen molar-refractivity contribution in [3.8, 4) is 0 Å². The van der Waals surface area contributed by atoms with Gasteiger partial charge in [0.15, 0.2) is 11.6 Å². The van der Waals surface area contributed by atoms with Crippen LogP contribution in [-0.4, -0.2) is 47.5 Å². The predicted molar refractivity (Wildman–Crippen MR) is 56.9 cm³/mol. The van der Waals surface area contributed by atoms with Crippen LogP contribution in [0.2, 0.25) is 5.28 Å². The quantitative estimate of drug-likeness (QED) is 0.677. The van der Waals surface area contributed by atoms with Crippen molar-refractivity contribution in [3.63, 3.8) is 0 Å². The third-order valence-corrected chi connectivity index (χ3v) is 2.64. The van der Waals surface area contributed by atoms with Gasteiger partial charge in [-0.1, -0.05) is 0 Å². The minimum Gasteiger partial charge on any atom is -0.343 e. The van der Waals surface area contributed by atoms with E-state index in [4.69, 9.17) is 11.6 Å². The lowest BCUT2D eigenvalue weighted by Crippen LogP contribution is -2.49. The molecule has 0 atom stereocenters. The summed E-state index contributed by atoms with van der Waals surface area (Å²) in [5.74, 6) is -0.552. The van der Waals surface area contributed by atoms with E-state index >= 15 is 0 Å². The number of hydrogen-bond donors (Lipinski definition) is 0. The van der Waals surface area contributed by atoms with E-state index in [1.807, 2.05) is 0 Å². The van der Waals surface area contributed by atoms with Crippen molar-refractivity contribution in [2.45, 2.75) is 0 Å². The highest BCUT2D eigenvalue weighted by atomic mass is 35.5. The van der Waals surface area contributed by atoms with E-state index in [9.17, 15) is 9.18 Å². The predicted octanol–water partition coefficient (Wildman–Crippen LogP) is 0.547. The summed E-state index contributed by atoms with van der Waals surface area (Å²) in [6.07, 6.45) is 1.01. The van der Waals surface area contributed by atoms with Crippen LogP contribution in [0.4, 0.5) is 10.2 Å². The first kappa shape index (κ1) is 11.1. The van der Waals surface area contributed by atoms with E-state index in [-0.39, 0.29) is 23.6 Å². The maximum Gasteiger partial charge on any atom is 0.241 e. The Kier molecular flexibility index (Phi) is 2.91. The third kappa shape index (κ3) is 2.06. The number of halogens is 2. The lowest BCUT2D eigenvalue weighted by Gasteiger charge is -2.32. The molecule has 0 unspecified atom stereocenters. The van der Waals surface area contributed by atoms with Crippen LogP contribution in [0.25, 0.3) is 0 Å². The Balaban J connectivity index is 2.24. The molecule has 0 aliphatic carbocycles. The minimum absolute atomic E-state index is 0.0252. The Morgan fingerprint density at radius 3 is 2.94 bits per heavy atom. The number of carbonyl (C=O) groups is 1. The molecule has 86 valence electrons. The minimum atomic E-state index is -0.568. The molecule has 1 aliphatic rings. The first-order chi connectivity index (χ1) is 7.58. The molecule has 1 aromatic rings. The van der Waals surface area contributed by atoms with Gasteiger partial charge in [0.05, 0.1) is 12.7 Å². The second-order valence-corrected chi connectivity index (χ2v) is 3.89. The van der Waals surface area contributed by atoms with Gasteiger partial charge in [-0.05, 0) is 11.6 Å². The van der Waals surface area contributed by atoms with Crippen LogP contribution in [0.5, 0.6) is 0 Å². The molecule has 1 amide bonds. The van der Waals surface area contributed by atoms with E-state index in [1.54, 1.807) is 16.8 Å². The molecule has 1 aromatic heterocycles. The summed E-state index contributed by atoms with van der Waals surface area (Å²) in [4.78, 5) is 21.9. The number of rotatable bonds is 1. The second kappa shape index (κ2) is 4.21. The average molecular weight is 245 g/mol. The van der Waals surface area contributed by atoms with Gasteiger partial charge < -0.3 is 9.80 Å². The van der Waals surface area contributed by atoms with Crippen LogP contribution in [0.15, 0.2) is 6.20 Å². The number of nitrogens with zero attached hydrogens (tertiary/aromatic N) is 4. The van der Waals surface area contributed by atoms with Gasteiger partial charge in [0.2, 0.25) is 11.2 Å². The molecule has 16 heavy (non-hydrogen) atoms. The number of carbonyl (C=O) groups excluding carboxylic acids is 1. The third-order valence-electron chi connectivity index (χ3n) is 2.45. The summed E-state index contributed by atoms with van der Waals surface area (Å²) in [6.45, 7) is 1.19. The molecule has 0 spiro atoms. The Labute approximate surface area is 96.8 Å². The van der Waals surface area contributed by atoms with Crippen LogP contribution in [-0.2, 0) is 4.79 Å². The second-order valence-electron chi connectivity index (χ2n) is 3.55. The lowest BCUT2D eigenvalue weighted by atomic mass is 10.3. The van der Waals surface area contributed by atoms with Crippen molar-refractivity contribution in [1.29, 1.82) is 0 Å². The summed E-state index contributed by atoms with van der Waals surface area (Å²) >= 11 is 5.59. The van der Waals surface area contributed by atoms with Crippen molar-refractivity contribution >= 4 is 23.3 Å². The fourth-order valence-corrected chi connectivity index (χ4v) is 1.63. The molecule has 0 aromatic carbocycles. The summed E-state index contributed by atoms with van der Waals surface area (Å²) in [5.41, 5.74) is 0. The van der Waals surface area contributed by atoms with Gasteiger partial charge >= 0.3 is 0 Å². The van der Waals surface area contributed by atoms with Gasteiger partial charge in [-0.25, -0.2) is 9.37 Å². The van der Waals surface area contributed by atoms with Crippen LogP contribution >= 0.6 is 11.6 Å². The van der Waals surface area contributed by atoms with Crippen molar-refractivity contribution in [1.82, 2.24) is 14.9 Å². The van der Waals surface area contributed by atoms with Gasteiger partial charge in [-0.3, -0.25) is 4.79 Å². The molecular weight excluding hydrogens is 235 g/mol. The Bertz CT molecular complexity index is 428. The van der Waals surface area contributed by atoms with Crippen LogP contribution in [0.3, 0.4) is 0 Å². The van der Waals surface area contributed by atoms with E-state index in [2.05, 4.69) is 9.97 Å². The zero-order chi connectivity index (χ0) is 11.7. The van der Waals surface area contributed by atoms with Crippen LogP contribution < -0.4 is 4.90 Å². The largest absolute Gasteiger partial charge is 0.343 e. The maximum atomic E-state index is 13.4. The number of anilines is 1. The van der Waals surface area contributed by atoms with E-state index in [0.717, 1.165) is 6.20 Å². The molecule has 5 nitrogen and oxygen atoms in total. The zero-order valence-corrected chi connectivity index (χ0v) is 9.41. The standard InChI is InChI=1S/C9H10ClFN4O/c1-14-2-3-15(5-7(14)16)8-6(11)4-12-9(10)13-8/h4H,2-3,5H2,1H3. The smallest absolute Gasteiger partial charge is 0.241 e. The molecule has 0 N–H and O–H groups in total. The van der Waals surface area contributed by atoms with Crippen molar-refractivity contribution in [2.24, 2.45) is 0 Å². The van der Waals surface area contributed by atoms with E-state index in [0.29, 0.717) is 13.1 Å². The molecule has 7 heteroatoms. The number of piperazine rings is 1. The normalized spacial score (nSPS) is 16.8. The highest BCUT2D eigenvalue weighted by Crippen LogP contribution is 2.18. The Morgan fingerprint density at radius 1 is 1.50 bits per heavy atom. The zero-order valence-electron chi connectivity index (χ0n) is 8.65. The molecule has 0 bridgehead atoms. The first-order valence-electron chi connectivity index (χ1n) is 4.75. The highest BCUT2D eigenvalue weighted by Gasteiger charge is 2.24. The van der Waals surface area contributed by atoms with E-state index < -0.39 is 5.82 Å².